The molecule has 2 aromatic rings. The number of nitrogens with one attached hydrogen (secondary N) is 1. The first-order chi connectivity index (χ1) is 18.3. The lowest BCUT2D eigenvalue weighted by molar-refractivity contribution is -0.0549. The molecule has 0 spiro atoms. The lowest BCUT2D eigenvalue weighted by Gasteiger charge is -2.17. The van der Waals surface area contributed by atoms with E-state index in [0.717, 1.165) is 23.8 Å². The minimum absolute atomic E-state index is 0.0503. The fourth-order valence-corrected chi connectivity index (χ4v) is 4.25. The first kappa shape index (κ1) is 29.4. The Morgan fingerprint density at radius 1 is 1.03 bits per heavy atom. The Labute approximate surface area is 221 Å². The summed E-state index contributed by atoms with van der Waals surface area (Å²) in [4.78, 5) is 41.4. The molecule has 4 atom stereocenters. The standard InChI is InChI=1S/C27H37N3O8/c1-2-3-4-5-6-7-8-9-15-37-26(35)19-12-10-11-18(16-19)24(34)28-21-13-14-30(27(36)29-21)25-23(33)22(32)20(17-31)38-25/h10-14,16,20,22-23,25,31-33H,2-9,15,17H2,1H3,(H,28,29,34,36)/t20-,22-,23+,25-/m1/s1. The van der Waals surface area contributed by atoms with Crippen LogP contribution < -0.4 is 11.0 Å². The Hall–Kier alpha value is -3.12. The van der Waals surface area contributed by atoms with Crippen molar-refractivity contribution in [2.75, 3.05) is 18.5 Å². The third-order valence-electron chi connectivity index (χ3n) is 6.45. The van der Waals surface area contributed by atoms with Gasteiger partial charge in [-0.1, -0.05) is 57.9 Å². The van der Waals surface area contributed by atoms with Crippen molar-refractivity contribution in [3.8, 4) is 0 Å². The summed E-state index contributed by atoms with van der Waals surface area (Å²) in [6, 6.07) is 7.38. The van der Waals surface area contributed by atoms with E-state index in [1.54, 1.807) is 12.1 Å². The van der Waals surface area contributed by atoms with E-state index in [1.807, 2.05) is 0 Å². The summed E-state index contributed by atoms with van der Waals surface area (Å²) >= 11 is 0. The van der Waals surface area contributed by atoms with Gasteiger partial charge in [-0.25, -0.2) is 9.59 Å². The van der Waals surface area contributed by atoms with Crippen LogP contribution in [0.4, 0.5) is 5.82 Å². The van der Waals surface area contributed by atoms with E-state index in [-0.39, 0.29) is 16.9 Å². The second-order valence-corrected chi connectivity index (χ2v) is 9.38. The van der Waals surface area contributed by atoms with Gasteiger partial charge in [0.25, 0.3) is 5.91 Å². The maximum Gasteiger partial charge on any atom is 0.351 e. The van der Waals surface area contributed by atoms with Crippen LogP contribution in [0.25, 0.3) is 0 Å². The molecule has 38 heavy (non-hydrogen) atoms. The highest BCUT2D eigenvalue weighted by Crippen LogP contribution is 2.28. The van der Waals surface area contributed by atoms with E-state index in [2.05, 4.69) is 17.2 Å². The van der Waals surface area contributed by atoms with Crippen LogP contribution in [0.2, 0.25) is 0 Å². The summed E-state index contributed by atoms with van der Waals surface area (Å²) in [6.07, 6.45) is 5.29. The van der Waals surface area contributed by atoms with Crippen molar-refractivity contribution in [1.82, 2.24) is 9.55 Å². The van der Waals surface area contributed by atoms with E-state index >= 15 is 0 Å². The third-order valence-corrected chi connectivity index (χ3v) is 6.45. The number of rotatable bonds is 14. The number of nitrogens with zero attached hydrogens (tertiary/aromatic N) is 2. The maximum atomic E-state index is 12.7. The zero-order chi connectivity index (χ0) is 27.5. The van der Waals surface area contributed by atoms with Gasteiger partial charge in [0, 0.05) is 11.8 Å². The predicted molar refractivity (Wildman–Crippen MR) is 139 cm³/mol. The molecule has 4 N–H and O–H groups in total. The van der Waals surface area contributed by atoms with Crippen LogP contribution in [0.1, 0.15) is 85.2 Å². The zero-order valence-electron chi connectivity index (χ0n) is 21.6. The molecule has 208 valence electrons. The fraction of sp³-hybridized carbons (Fsp3) is 0.556. The number of anilines is 1. The molecule has 3 rings (SSSR count). The van der Waals surface area contributed by atoms with Crippen molar-refractivity contribution in [1.29, 1.82) is 0 Å². The molecule has 1 aliphatic heterocycles. The summed E-state index contributed by atoms with van der Waals surface area (Å²) in [7, 11) is 0. The van der Waals surface area contributed by atoms with Crippen LogP contribution in [0.15, 0.2) is 41.3 Å². The molecule has 0 bridgehead atoms. The largest absolute Gasteiger partial charge is 0.462 e. The van der Waals surface area contributed by atoms with Crippen LogP contribution in [0.5, 0.6) is 0 Å². The number of unbranched alkanes of at least 4 members (excludes halogenated alkanes) is 7. The molecule has 1 amide bonds. The molecule has 1 aromatic carbocycles. The van der Waals surface area contributed by atoms with Crippen LogP contribution in [0, 0.1) is 0 Å². The second-order valence-electron chi connectivity index (χ2n) is 9.38. The van der Waals surface area contributed by atoms with Crippen molar-refractivity contribution in [3.63, 3.8) is 0 Å². The molecular formula is C27H37N3O8. The molecule has 1 saturated heterocycles. The van der Waals surface area contributed by atoms with Crippen LogP contribution >= 0.6 is 0 Å². The minimum atomic E-state index is -1.44. The van der Waals surface area contributed by atoms with Crippen LogP contribution in [-0.2, 0) is 9.47 Å². The number of aliphatic hydroxyl groups excluding tert-OH is 3. The van der Waals surface area contributed by atoms with Crippen molar-refractivity contribution in [3.05, 3.63) is 58.1 Å². The summed E-state index contributed by atoms with van der Waals surface area (Å²) in [5, 5.41) is 31.7. The highest BCUT2D eigenvalue weighted by atomic mass is 16.6. The summed E-state index contributed by atoms with van der Waals surface area (Å²) < 4.78 is 11.6. The van der Waals surface area contributed by atoms with Crippen LogP contribution in [0.3, 0.4) is 0 Å². The lowest BCUT2D eigenvalue weighted by atomic mass is 10.1. The zero-order valence-corrected chi connectivity index (χ0v) is 21.6. The molecule has 11 heteroatoms. The molecule has 0 saturated carbocycles. The second kappa shape index (κ2) is 14.7. The van der Waals surface area contributed by atoms with E-state index in [4.69, 9.17) is 9.47 Å². The average Bonchev–Trinajstić information content (AvgIpc) is 3.20. The van der Waals surface area contributed by atoms with Crippen molar-refractivity contribution in [2.45, 2.75) is 82.8 Å². The average molecular weight is 532 g/mol. The van der Waals surface area contributed by atoms with Crippen LogP contribution in [-0.4, -0.2) is 68.3 Å². The van der Waals surface area contributed by atoms with E-state index in [9.17, 15) is 29.7 Å². The summed E-state index contributed by atoms with van der Waals surface area (Å²) in [5.41, 5.74) is -0.415. The van der Waals surface area contributed by atoms with Gasteiger partial charge in [-0.2, -0.15) is 4.98 Å². The number of amides is 1. The van der Waals surface area contributed by atoms with Gasteiger partial charge in [-0.15, -0.1) is 0 Å². The van der Waals surface area contributed by atoms with E-state index in [1.165, 1.54) is 56.5 Å². The first-order valence-corrected chi connectivity index (χ1v) is 13.2. The molecular weight excluding hydrogens is 494 g/mol. The highest BCUT2D eigenvalue weighted by Gasteiger charge is 2.43. The molecule has 0 radical (unpaired) electrons. The van der Waals surface area contributed by atoms with Gasteiger partial charge in [0.2, 0.25) is 0 Å². The number of aromatic nitrogens is 2. The SMILES string of the molecule is CCCCCCCCCCOC(=O)c1cccc(C(=O)Nc2ccn([C@@H]3O[C@H](CO)[C@@H](O)[C@@H]3O)c(=O)n2)c1. The predicted octanol–water partition coefficient (Wildman–Crippen LogP) is 2.40. The van der Waals surface area contributed by atoms with Gasteiger partial charge in [-0.05, 0) is 30.7 Å². The quantitative estimate of drug-likeness (QED) is 0.212. The lowest BCUT2D eigenvalue weighted by Crippen LogP contribution is -2.36. The van der Waals surface area contributed by atoms with Gasteiger partial charge in [0.05, 0.1) is 18.8 Å². The monoisotopic (exact) mass is 531 g/mol. The molecule has 0 unspecified atom stereocenters. The number of hydrogen-bond acceptors (Lipinski definition) is 9. The van der Waals surface area contributed by atoms with Gasteiger partial charge < -0.3 is 30.1 Å². The Morgan fingerprint density at radius 2 is 1.71 bits per heavy atom. The molecule has 11 nitrogen and oxygen atoms in total. The Morgan fingerprint density at radius 3 is 2.37 bits per heavy atom. The smallest absolute Gasteiger partial charge is 0.351 e. The number of benzene rings is 1. The molecule has 0 aliphatic carbocycles. The van der Waals surface area contributed by atoms with E-state index in [0.29, 0.717) is 6.61 Å². The number of ether oxygens (including phenoxy) is 2. The summed E-state index contributed by atoms with van der Waals surface area (Å²) in [5.74, 6) is -1.15. The molecule has 2 heterocycles. The number of carbonyl (C=O) groups excluding carboxylic acids is 2. The fourth-order valence-electron chi connectivity index (χ4n) is 4.25. The molecule has 1 fully saturated rings. The number of aliphatic hydroxyl groups is 3. The number of carbonyl (C=O) groups is 2. The highest BCUT2D eigenvalue weighted by molar-refractivity contribution is 6.05. The van der Waals surface area contributed by atoms with E-state index < -0.39 is 48.7 Å². The van der Waals surface area contributed by atoms with Crippen molar-refractivity contribution in [2.24, 2.45) is 0 Å². The molecule has 1 aliphatic rings. The topological polar surface area (TPSA) is 160 Å². The number of esters is 1. The Kier molecular flexibility index (Phi) is 11.4. The van der Waals surface area contributed by atoms with Gasteiger partial charge in [0.1, 0.15) is 24.1 Å². The Balaban J connectivity index is 1.51. The summed E-state index contributed by atoms with van der Waals surface area (Å²) in [6.45, 7) is 1.98. The van der Waals surface area contributed by atoms with Crippen molar-refractivity contribution >= 4 is 17.7 Å². The van der Waals surface area contributed by atoms with Gasteiger partial charge in [-0.3, -0.25) is 9.36 Å². The third kappa shape index (κ3) is 7.94. The minimum Gasteiger partial charge on any atom is -0.462 e. The maximum absolute atomic E-state index is 12.7. The van der Waals surface area contributed by atoms with Gasteiger partial charge >= 0.3 is 11.7 Å². The normalized spacial score (nSPS) is 20.8. The number of hydrogen-bond donors (Lipinski definition) is 4. The first-order valence-electron chi connectivity index (χ1n) is 13.2. The molecule has 1 aromatic heterocycles. The Bertz CT molecular complexity index is 1120. The van der Waals surface area contributed by atoms with Gasteiger partial charge in [0.15, 0.2) is 6.23 Å². The van der Waals surface area contributed by atoms with Crippen molar-refractivity contribution < 1.29 is 34.4 Å².